The van der Waals surface area contributed by atoms with Gasteiger partial charge >= 0.3 is 0 Å². The first-order chi connectivity index (χ1) is 9.58. The summed E-state index contributed by atoms with van der Waals surface area (Å²) in [5.74, 6) is -1.67. The fourth-order valence-electron chi connectivity index (χ4n) is 2.10. The summed E-state index contributed by atoms with van der Waals surface area (Å²) in [4.78, 5) is 4.35. The van der Waals surface area contributed by atoms with Crippen LogP contribution in [-0.2, 0) is 19.3 Å². The van der Waals surface area contributed by atoms with Gasteiger partial charge in [-0.3, -0.25) is 4.98 Å². The van der Waals surface area contributed by atoms with Gasteiger partial charge in [0.2, 0.25) is 0 Å². The molecule has 4 heteroatoms. The fourth-order valence-corrected chi connectivity index (χ4v) is 2.10. The van der Waals surface area contributed by atoms with Crippen molar-refractivity contribution in [2.24, 2.45) is 5.73 Å². The lowest BCUT2D eigenvalue weighted by atomic mass is 10.0. The van der Waals surface area contributed by atoms with Crippen molar-refractivity contribution in [1.29, 1.82) is 0 Å². The molecule has 2 rings (SSSR count). The number of halogens is 2. The maximum Gasteiger partial charge on any atom is 0.159 e. The summed E-state index contributed by atoms with van der Waals surface area (Å²) in [5.41, 5.74) is 8.83. The van der Waals surface area contributed by atoms with E-state index in [9.17, 15) is 8.78 Å². The summed E-state index contributed by atoms with van der Waals surface area (Å²) in [5, 5.41) is 0. The summed E-state index contributed by atoms with van der Waals surface area (Å²) in [6.45, 7) is 2.07. The fraction of sp³-hybridized carbons (Fsp3) is 0.312. The molecule has 0 bridgehead atoms. The van der Waals surface area contributed by atoms with Crippen LogP contribution in [0.2, 0.25) is 0 Å². The second-order valence-electron chi connectivity index (χ2n) is 4.93. The second-order valence-corrected chi connectivity index (χ2v) is 4.93. The Hall–Kier alpha value is -1.81. The van der Waals surface area contributed by atoms with Crippen molar-refractivity contribution in [2.75, 3.05) is 0 Å². The van der Waals surface area contributed by atoms with Crippen LogP contribution in [0.1, 0.15) is 23.7 Å². The first kappa shape index (κ1) is 14.6. The number of nitrogens with zero attached hydrogens (tertiary/aromatic N) is 1. The van der Waals surface area contributed by atoms with Crippen LogP contribution in [0.4, 0.5) is 8.78 Å². The predicted octanol–water partition coefficient (Wildman–Crippen LogP) is 3.03. The summed E-state index contributed by atoms with van der Waals surface area (Å²) in [7, 11) is 0. The molecule has 2 aromatic rings. The van der Waals surface area contributed by atoms with E-state index in [0.717, 1.165) is 18.2 Å². The molecule has 0 fully saturated rings. The molecule has 1 unspecified atom stereocenters. The summed E-state index contributed by atoms with van der Waals surface area (Å²) in [6, 6.07) is 7.72. The number of hydrogen-bond donors (Lipinski definition) is 1. The highest BCUT2D eigenvalue weighted by Gasteiger charge is 2.09. The highest BCUT2D eigenvalue weighted by atomic mass is 19.2. The minimum atomic E-state index is -0.834. The largest absolute Gasteiger partial charge is 0.327 e. The van der Waals surface area contributed by atoms with E-state index in [-0.39, 0.29) is 6.04 Å². The minimum Gasteiger partial charge on any atom is -0.327 e. The molecule has 0 aliphatic heterocycles. The van der Waals surface area contributed by atoms with Crippen molar-refractivity contribution in [3.8, 4) is 0 Å². The Labute approximate surface area is 117 Å². The lowest BCUT2D eigenvalue weighted by Crippen LogP contribution is -2.26. The third-order valence-electron chi connectivity index (χ3n) is 3.25. The second kappa shape index (κ2) is 6.57. The molecule has 0 aliphatic carbocycles. The van der Waals surface area contributed by atoms with Gasteiger partial charge in [-0.1, -0.05) is 19.1 Å². The van der Waals surface area contributed by atoms with Crippen LogP contribution in [0.15, 0.2) is 36.5 Å². The van der Waals surface area contributed by atoms with Crippen LogP contribution in [0.3, 0.4) is 0 Å². The van der Waals surface area contributed by atoms with Crippen LogP contribution in [0, 0.1) is 11.6 Å². The van der Waals surface area contributed by atoms with Gasteiger partial charge in [-0.2, -0.15) is 0 Å². The number of benzene rings is 1. The Bertz CT molecular complexity index is 567. The lowest BCUT2D eigenvalue weighted by molar-refractivity contribution is 0.506. The van der Waals surface area contributed by atoms with Crippen LogP contribution in [0.5, 0.6) is 0 Å². The lowest BCUT2D eigenvalue weighted by Gasteiger charge is -2.11. The zero-order chi connectivity index (χ0) is 14.5. The summed E-state index contributed by atoms with van der Waals surface area (Å²) in [6.07, 6.45) is 3.91. The van der Waals surface area contributed by atoms with E-state index in [1.54, 1.807) is 6.07 Å². The first-order valence-corrected chi connectivity index (χ1v) is 6.71. The van der Waals surface area contributed by atoms with Crippen LogP contribution in [0.25, 0.3) is 0 Å². The maximum atomic E-state index is 13.1. The van der Waals surface area contributed by atoms with Gasteiger partial charge in [0.1, 0.15) is 0 Å². The number of hydrogen-bond acceptors (Lipinski definition) is 2. The Balaban J connectivity index is 1.97. The smallest absolute Gasteiger partial charge is 0.159 e. The van der Waals surface area contributed by atoms with E-state index < -0.39 is 11.6 Å². The van der Waals surface area contributed by atoms with Gasteiger partial charge in [0, 0.05) is 24.4 Å². The Morgan fingerprint density at radius 2 is 1.80 bits per heavy atom. The number of rotatable bonds is 5. The van der Waals surface area contributed by atoms with Gasteiger partial charge < -0.3 is 5.73 Å². The molecule has 0 saturated heterocycles. The average Bonchev–Trinajstić information content (AvgIpc) is 2.44. The van der Waals surface area contributed by atoms with Crippen molar-refractivity contribution >= 4 is 0 Å². The molecule has 1 aromatic carbocycles. The molecule has 0 amide bonds. The number of aryl methyl sites for hydroxylation is 1. The van der Waals surface area contributed by atoms with E-state index in [1.165, 1.54) is 11.6 Å². The highest BCUT2D eigenvalue weighted by Crippen LogP contribution is 2.12. The molecule has 1 heterocycles. The van der Waals surface area contributed by atoms with E-state index in [0.29, 0.717) is 18.4 Å². The molecule has 2 nitrogen and oxygen atoms in total. The van der Waals surface area contributed by atoms with E-state index >= 15 is 0 Å². The minimum absolute atomic E-state index is 0.167. The summed E-state index contributed by atoms with van der Waals surface area (Å²) >= 11 is 0. The zero-order valence-electron chi connectivity index (χ0n) is 11.4. The van der Waals surface area contributed by atoms with Crippen molar-refractivity contribution < 1.29 is 8.78 Å². The zero-order valence-corrected chi connectivity index (χ0v) is 11.4. The Kier molecular flexibility index (Phi) is 4.79. The standard InChI is InChI=1S/C16H18F2N2/c1-2-11-3-5-14(20-10-11)9-13(19)7-12-4-6-15(17)16(18)8-12/h3-6,8,10,13H,2,7,9,19H2,1H3. The van der Waals surface area contributed by atoms with Gasteiger partial charge in [-0.05, 0) is 42.2 Å². The molecule has 0 spiro atoms. The molecule has 1 atom stereocenters. The molecule has 0 saturated carbocycles. The molecule has 1 aromatic heterocycles. The topological polar surface area (TPSA) is 38.9 Å². The van der Waals surface area contributed by atoms with E-state index in [2.05, 4.69) is 11.9 Å². The highest BCUT2D eigenvalue weighted by molar-refractivity contribution is 5.20. The number of nitrogens with two attached hydrogens (primary N) is 1. The Morgan fingerprint density at radius 1 is 1.05 bits per heavy atom. The van der Waals surface area contributed by atoms with Gasteiger partial charge in [0.15, 0.2) is 11.6 Å². The monoisotopic (exact) mass is 276 g/mol. The average molecular weight is 276 g/mol. The molecule has 0 radical (unpaired) electrons. The van der Waals surface area contributed by atoms with Gasteiger partial charge in [-0.25, -0.2) is 8.78 Å². The van der Waals surface area contributed by atoms with Gasteiger partial charge in [-0.15, -0.1) is 0 Å². The third kappa shape index (κ3) is 3.84. The van der Waals surface area contributed by atoms with Crippen molar-refractivity contribution in [2.45, 2.75) is 32.2 Å². The van der Waals surface area contributed by atoms with Gasteiger partial charge in [0.05, 0.1) is 0 Å². The van der Waals surface area contributed by atoms with Crippen LogP contribution in [-0.4, -0.2) is 11.0 Å². The molecule has 106 valence electrons. The molecule has 20 heavy (non-hydrogen) atoms. The predicted molar refractivity (Wildman–Crippen MR) is 75.4 cm³/mol. The Morgan fingerprint density at radius 3 is 2.40 bits per heavy atom. The van der Waals surface area contributed by atoms with Crippen molar-refractivity contribution in [1.82, 2.24) is 4.98 Å². The number of aromatic nitrogens is 1. The first-order valence-electron chi connectivity index (χ1n) is 6.71. The maximum absolute atomic E-state index is 13.1. The molecular formula is C16H18F2N2. The molecule has 0 aliphatic rings. The van der Waals surface area contributed by atoms with Crippen LogP contribution >= 0.6 is 0 Å². The summed E-state index contributed by atoms with van der Waals surface area (Å²) < 4.78 is 25.9. The quantitative estimate of drug-likeness (QED) is 0.911. The molecule has 2 N–H and O–H groups in total. The van der Waals surface area contributed by atoms with Crippen LogP contribution < -0.4 is 5.73 Å². The van der Waals surface area contributed by atoms with Crippen molar-refractivity contribution in [3.05, 3.63) is 65.0 Å². The SMILES string of the molecule is CCc1ccc(CC(N)Cc2ccc(F)c(F)c2)nc1. The van der Waals surface area contributed by atoms with E-state index in [4.69, 9.17) is 5.73 Å². The van der Waals surface area contributed by atoms with Gasteiger partial charge in [0.25, 0.3) is 0 Å². The van der Waals surface area contributed by atoms with E-state index in [1.807, 2.05) is 18.3 Å². The third-order valence-corrected chi connectivity index (χ3v) is 3.25. The molecular weight excluding hydrogens is 258 g/mol. The number of pyridine rings is 1. The van der Waals surface area contributed by atoms with Crippen molar-refractivity contribution in [3.63, 3.8) is 0 Å². The normalized spacial score (nSPS) is 12.4.